The van der Waals surface area contributed by atoms with Crippen molar-refractivity contribution in [3.8, 4) is 0 Å². The summed E-state index contributed by atoms with van der Waals surface area (Å²) in [6.07, 6.45) is 6.85. The van der Waals surface area contributed by atoms with Crippen molar-refractivity contribution in [1.82, 2.24) is 20.1 Å². The second kappa shape index (κ2) is 6.05. The molecule has 2 aromatic rings. The van der Waals surface area contributed by atoms with E-state index in [0.29, 0.717) is 23.8 Å². The third kappa shape index (κ3) is 2.62. The molecule has 1 aromatic heterocycles. The van der Waals surface area contributed by atoms with Gasteiger partial charge in [0.15, 0.2) is 4.77 Å². The van der Waals surface area contributed by atoms with Crippen LogP contribution in [-0.4, -0.2) is 27.2 Å². The van der Waals surface area contributed by atoms with Crippen molar-refractivity contribution in [2.24, 2.45) is 5.92 Å². The molecule has 5 rings (SSSR count). The van der Waals surface area contributed by atoms with Crippen LogP contribution in [0.4, 0.5) is 0 Å². The minimum atomic E-state index is 0.101. The van der Waals surface area contributed by atoms with Crippen LogP contribution in [0.2, 0.25) is 0 Å². The molecule has 0 bridgehead atoms. The molecule has 0 saturated heterocycles. The Morgan fingerprint density at radius 1 is 1.38 bits per heavy atom. The molecule has 2 fully saturated rings. The normalized spacial score (nSPS) is 26.5. The lowest BCUT2D eigenvalue weighted by atomic mass is 9.78. The fourth-order valence-electron chi connectivity index (χ4n) is 4.79. The molecule has 3 aliphatic carbocycles. The van der Waals surface area contributed by atoms with Gasteiger partial charge in [0.05, 0.1) is 0 Å². The number of hydrogen-bond donors (Lipinski definition) is 2. The summed E-state index contributed by atoms with van der Waals surface area (Å²) < 4.78 is 2.71. The Balaban J connectivity index is 1.23. The molecule has 1 heterocycles. The molecule has 3 aliphatic rings. The van der Waals surface area contributed by atoms with Crippen LogP contribution in [0.25, 0.3) is 0 Å². The summed E-state index contributed by atoms with van der Waals surface area (Å²) in [5.41, 5.74) is 2.96. The first-order valence-corrected chi connectivity index (χ1v) is 10.1. The second-order valence-electron chi connectivity index (χ2n) is 8.03. The van der Waals surface area contributed by atoms with E-state index in [1.165, 1.54) is 30.4 Å². The van der Waals surface area contributed by atoms with Crippen molar-refractivity contribution in [1.29, 1.82) is 0 Å². The molecule has 2 atom stereocenters. The standard InChI is InChI=1S/C20H24N4OS/c25-18(21-10-11-24-17(14-7-8-14)22-23-19(24)26)16-12-20(16)9-3-5-13-4-1-2-6-15(13)20/h1-2,4,6,14,16H,3,5,7-12H2,(H,21,25)(H,23,26). The first-order valence-electron chi connectivity index (χ1n) is 9.70. The molecule has 1 aromatic carbocycles. The predicted molar refractivity (Wildman–Crippen MR) is 102 cm³/mol. The van der Waals surface area contributed by atoms with E-state index in [4.69, 9.17) is 12.2 Å². The molecule has 26 heavy (non-hydrogen) atoms. The maximum atomic E-state index is 12.8. The number of fused-ring (bicyclic) bond motifs is 2. The van der Waals surface area contributed by atoms with E-state index < -0.39 is 0 Å². The maximum Gasteiger partial charge on any atom is 0.224 e. The SMILES string of the molecule is O=C(NCCn1c(C2CC2)n[nH]c1=S)C1CC12CCCc1ccccc12. The first-order chi connectivity index (χ1) is 12.7. The monoisotopic (exact) mass is 368 g/mol. The van der Waals surface area contributed by atoms with Crippen molar-refractivity contribution in [3.05, 3.63) is 46.0 Å². The number of H-pyrrole nitrogens is 1. The number of rotatable bonds is 5. The molecule has 2 saturated carbocycles. The molecule has 1 spiro atoms. The van der Waals surface area contributed by atoms with E-state index in [2.05, 4.69) is 39.8 Å². The highest BCUT2D eigenvalue weighted by Crippen LogP contribution is 2.60. The number of hydrogen-bond acceptors (Lipinski definition) is 3. The quantitative estimate of drug-likeness (QED) is 0.797. The minimum absolute atomic E-state index is 0.101. The third-order valence-electron chi connectivity index (χ3n) is 6.38. The molecule has 136 valence electrons. The minimum Gasteiger partial charge on any atom is -0.354 e. The number of aromatic nitrogens is 3. The Kier molecular flexibility index (Phi) is 3.78. The molecule has 2 unspecified atom stereocenters. The smallest absolute Gasteiger partial charge is 0.224 e. The zero-order valence-corrected chi connectivity index (χ0v) is 15.6. The van der Waals surface area contributed by atoms with E-state index >= 15 is 0 Å². The number of nitrogens with zero attached hydrogens (tertiary/aromatic N) is 2. The van der Waals surface area contributed by atoms with Gasteiger partial charge in [0.25, 0.3) is 0 Å². The molecule has 0 radical (unpaired) electrons. The number of carbonyl (C=O) groups is 1. The lowest BCUT2D eigenvalue weighted by Crippen LogP contribution is -2.32. The Bertz CT molecular complexity index is 913. The zero-order chi connectivity index (χ0) is 17.7. The van der Waals surface area contributed by atoms with Crippen molar-refractivity contribution in [2.45, 2.75) is 56.4 Å². The highest BCUT2D eigenvalue weighted by Gasteiger charge is 2.59. The van der Waals surface area contributed by atoms with Crippen molar-refractivity contribution in [3.63, 3.8) is 0 Å². The summed E-state index contributed by atoms with van der Waals surface area (Å²) in [7, 11) is 0. The average Bonchev–Trinajstić information content (AvgIpc) is 3.57. The van der Waals surface area contributed by atoms with Gasteiger partial charge in [0, 0.05) is 30.3 Å². The summed E-state index contributed by atoms with van der Waals surface area (Å²) >= 11 is 5.34. The molecule has 5 nitrogen and oxygen atoms in total. The largest absolute Gasteiger partial charge is 0.354 e. The van der Waals surface area contributed by atoms with Crippen molar-refractivity contribution < 1.29 is 4.79 Å². The average molecular weight is 369 g/mol. The van der Waals surface area contributed by atoms with Crippen LogP contribution in [0.3, 0.4) is 0 Å². The Morgan fingerprint density at radius 2 is 2.23 bits per heavy atom. The van der Waals surface area contributed by atoms with Gasteiger partial charge in [-0.1, -0.05) is 24.3 Å². The summed E-state index contributed by atoms with van der Waals surface area (Å²) in [5.74, 6) is 1.92. The predicted octanol–water partition coefficient (Wildman–Crippen LogP) is 3.23. The fraction of sp³-hybridized carbons (Fsp3) is 0.550. The van der Waals surface area contributed by atoms with Crippen LogP contribution >= 0.6 is 12.2 Å². The number of amides is 1. The van der Waals surface area contributed by atoms with Gasteiger partial charge in [-0.25, -0.2) is 0 Å². The van der Waals surface area contributed by atoms with E-state index in [-0.39, 0.29) is 17.2 Å². The Hall–Kier alpha value is -1.95. The highest BCUT2D eigenvalue weighted by molar-refractivity contribution is 7.71. The van der Waals surface area contributed by atoms with E-state index in [1.807, 2.05) is 4.57 Å². The van der Waals surface area contributed by atoms with Gasteiger partial charge < -0.3 is 9.88 Å². The maximum absolute atomic E-state index is 12.8. The Labute approximate surface area is 158 Å². The van der Waals surface area contributed by atoms with Gasteiger partial charge in [-0.15, -0.1) is 0 Å². The van der Waals surface area contributed by atoms with E-state index in [0.717, 1.165) is 25.1 Å². The molecular formula is C20H24N4OS. The number of aromatic amines is 1. The highest BCUT2D eigenvalue weighted by atomic mass is 32.1. The molecular weight excluding hydrogens is 344 g/mol. The number of nitrogens with one attached hydrogen (secondary N) is 2. The second-order valence-corrected chi connectivity index (χ2v) is 8.41. The van der Waals surface area contributed by atoms with Gasteiger partial charge in [-0.2, -0.15) is 5.10 Å². The van der Waals surface area contributed by atoms with Crippen LogP contribution < -0.4 is 5.32 Å². The third-order valence-corrected chi connectivity index (χ3v) is 6.69. The van der Waals surface area contributed by atoms with Crippen molar-refractivity contribution in [2.75, 3.05) is 6.54 Å². The van der Waals surface area contributed by atoms with Crippen LogP contribution in [0, 0.1) is 10.7 Å². The summed E-state index contributed by atoms with van der Waals surface area (Å²) in [4.78, 5) is 12.8. The molecule has 2 N–H and O–H groups in total. The fourth-order valence-corrected chi connectivity index (χ4v) is 5.02. The lowest BCUT2D eigenvalue weighted by molar-refractivity contribution is -0.122. The van der Waals surface area contributed by atoms with Crippen LogP contribution in [0.15, 0.2) is 24.3 Å². The van der Waals surface area contributed by atoms with Crippen LogP contribution in [-0.2, 0) is 23.2 Å². The summed E-state index contributed by atoms with van der Waals surface area (Å²) in [5, 5.41) is 10.4. The van der Waals surface area contributed by atoms with Gasteiger partial charge in [-0.05, 0) is 61.9 Å². The molecule has 0 aliphatic heterocycles. The van der Waals surface area contributed by atoms with E-state index in [1.54, 1.807) is 0 Å². The number of benzene rings is 1. The van der Waals surface area contributed by atoms with Gasteiger partial charge in [-0.3, -0.25) is 9.89 Å². The molecule has 6 heteroatoms. The lowest BCUT2D eigenvalue weighted by Gasteiger charge is -2.26. The molecule has 1 amide bonds. The van der Waals surface area contributed by atoms with Gasteiger partial charge >= 0.3 is 0 Å². The van der Waals surface area contributed by atoms with Gasteiger partial charge in [0.2, 0.25) is 5.91 Å². The van der Waals surface area contributed by atoms with Crippen LogP contribution in [0.1, 0.15) is 55.0 Å². The topological polar surface area (TPSA) is 62.7 Å². The van der Waals surface area contributed by atoms with Crippen LogP contribution in [0.5, 0.6) is 0 Å². The first kappa shape index (κ1) is 16.2. The van der Waals surface area contributed by atoms with Gasteiger partial charge in [0.1, 0.15) is 5.82 Å². The summed E-state index contributed by atoms with van der Waals surface area (Å²) in [6.45, 7) is 1.31. The number of aryl methyl sites for hydroxylation is 1. The van der Waals surface area contributed by atoms with E-state index in [9.17, 15) is 4.79 Å². The van der Waals surface area contributed by atoms with Crippen molar-refractivity contribution >= 4 is 18.1 Å². The zero-order valence-electron chi connectivity index (χ0n) is 14.8. The summed E-state index contributed by atoms with van der Waals surface area (Å²) in [6, 6.07) is 8.68. The Morgan fingerprint density at radius 3 is 3.08 bits per heavy atom. The number of carbonyl (C=O) groups excluding carboxylic acids is 1.